The van der Waals surface area contributed by atoms with Crippen LogP contribution in [0.2, 0.25) is 5.02 Å². The number of ether oxygens (including phenoxy) is 1. The lowest BCUT2D eigenvalue weighted by Gasteiger charge is -2.12. The van der Waals surface area contributed by atoms with Crippen molar-refractivity contribution in [1.82, 2.24) is 0 Å². The summed E-state index contributed by atoms with van der Waals surface area (Å²) >= 11 is 6.10. The Morgan fingerprint density at radius 3 is 2.65 bits per heavy atom. The lowest BCUT2D eigenvalue weighted by Crippen LogP contribution is -2.23. The maximum absolute atomic E-state index is 6.10. The van der Waals surface area contributed by atoms with Crippen LogP contribution in [-0.4, -0.2) is 18.6 Å². The van der Waals surface area contributed by atoms with Gasteiger partial charge in [-0.1, -0.05) is 17.7 Å². The fourth-order valence-electron chi connectivity index (χ4n) is 1.36. The van der Waals surface area contributed by atoms with Crippen LogP contribution in [-0.2, 0) is 6.42 Å². The van der Waals surface area contributed by atoms with E-state index < -0.39 is 0 Å². The first kappa shape index (κ1) is 13.6. The highest BCUT2D eigenvalue weighted by atomic mass is 35.5. The Morgan fingerprint density at radius 1 is 1.41 bits per heavy atom. The van der Waals surface area contributed by atoms with E-state index in [1.54, 1.807) is 0 Å². The molecule has 0 atom stereocenters. The molecule has 0 aliphatic heterocycles. The molecule has 4 N–H and O–H groups in total. The molecule has 0 unspecified atom stereocenters. The summed E-state index contributed by atoms with van der Waals surface area (Å²) in [4.78, 5) is 3.92. The third kappa shape index (κ3) is 4.95. The van der Waals surface area contributed by atoms with Gasteiger partial charge in [0.2, 0.25) is 0 Å². The average molecular weight is 256 g/mol. The second-order valence-corrected chi connectivity index (χ2v) is 4.40. The first-order chi connectivity index (χ1) is 7.99. The first-order valence-corrected chi connectivity index (χ1v) is 5.87. The number of nitrogens with zero attached hydrogens (tertiary/aromatic N) is 1. The van der Waals surface area contributed by atoms with Crippen LogP contribution < -0.4 is 16.2 Å². The Labute approximate surface area is 107 Å². The minimum absolute atomic E-state index is 0.107. The molecule has 0 aliphatic rings. The van der Waals surface area contributed by atoms with E-state index in [2.05, 4.69) is 4.99 Å². The number of guanidine groups is 1. The molecule has 0 fully saturated rings. The number of hydrogen-bond donors (Lipinski definition) is 2. The van der Waals surface area contributed by atoms with Gasteiger partial charge in [-0.25, -0.2) is 0 Å². The Hall–Kier alpha value is -1.42. The summed E-state index contributed by atoms with van der Waals surface area (Å²) in [5.41, 5.74) is 11.6. The van der Waals surface area contributed by atoms with Crippen molar-refractivity contribution in [2.75, 3.05) is 6.54 Å². The fourth-order valence-corrected chi connectivity index (χ4v) is 1.61. The number of nitrogens with two attached hydrogens (primary N) is 2. The van der Waals surface area contributed by atoms with Gasteiger partial charge in [0.15, 0.2) is 5.96 Å². The van der Waals surface area contributed by atoms with Gasteiger partial charge in [-0.3, -0.25) is 4.99 Å². The van der Waals surface area contributed by atoms with E-state index in [0.717, 1.165) is 12.0 Å². The molecule has 0 aliphatic carbocycles. The van der Waals surface area contributed by atoms with Crippen LogP contribution >= 0.6 is 11.6 Å². The van der Waals surface area contributed by atoms with Gasteiger partial charge >= 0.3 is 0 Å². The molecule has 0 saturated carbocycles. The smallest absolute Gasteiger partial charge is 0.185 e. The van der Waals surface area contributed by atoms with Gasteiger partial charge in [-0.2, -0.15) is 0 Å². The van der Waals surface area contributed by atoms with Crippen LogP contribution in [0.5, 0.6) is 5.75 Å². The summed E-state index contributed by atoms with van der Waals surface area (Å²) in [7, 11) is 0. The Balaban J connectivity index is 2.65. The van der Waals surface area contributed by atoms with Crippen LogP contribution in [0.15, 0.2) is 23.2 Å². The van der Waals surface area contributed by atoms with E-state index in [-0.39, 0.29) is 12.1 Å². The monoisotopic (exact) mass is 255 g/mol. The predicted octanol–water partition coefficient (Wildman–Crippen LogP) is 1.94. The molecule has 5 heteroatoms. The topological polar surface area (TPSA) is 73.6 Å². The largest absolute Gasteiger partial charge is 0.489 e. The van der Waals surface area contributed by atoms with Gasteiger partial charge in [0.1, 0.15) is 5.75 Å². The third-order valence-corrected chi connectivity index (χ3v) is 2.35. The van der Waals surface area contributed by atoms with Gasteiger partial charge in [0, 0.05) is 6.54 Å². The van der Waals surface area contributed by atoms with Gasteiger partial charge in [-0.05, 0) is 38.0 Å². The van der Waals surface area contributed by atoms with Crippen molar-refractivity contribution >= 4 is 17.6 Å². The highest BCUT2D eigenvalue weighted by molar-refractivity contribution is 6.32. The maximum Gasteiger partial charge on any atom is 0.185 e. The normalized spacial score (nSPS) is 10.4. The van der Waals surface area contributed by atoms with E-state index in [1.807, 2.05) is 32.0 Å². The third-order valence-electron chi connectivity index (χ3n) is 2.05. The fraction of sp³-hybridized carbons (Fsp3) is 0.417. The molecule has 0 radical (unpaired) electrons. The maximum atomic E-state index is 6.10. The average Bonchev–Trinajstić information content (AvgIpc) is 2.21. The summed E-state index contributed by atoms with van der Waals surface area (Å²) in [6, 6.07) is 5.71. The molecular formula is C12H18ClN3O. The zero-order valence-corrected chi connectivity index (χ0v) is 10.9. The van der Waals surface area contributed by atoms with E-state index in [9.17, 15) is 0 Å². The number of halogens is 1. The van der Waals surface area contributed by atoms with Crippen molar-refractivity contribution in [2.45, 2.75) is 26.4 Å². The second kappa shape index (κ2) is 6.35. The Kier molecular flexibility index (Phi) is 5.10. The number of rotatable bonds is 5. The summed E-state index contributed by atoms with van der Waals surface area (Å²) < 4.78 is 5.54. The lowest BCUT2D eigenvalue weighted by molar-refractivity contribution is 0.242. The van der Waals surface area contributed by atoms with Crippen molar-refractivity contribution in [1.29, 1.82) is 0 Å². The van der Waals surface area contributed by atoms with Crippen molar-refractivity contribution in [2.24, 2.45) is 16.5 Å². The number of benzene rings is 1. The molecule has 1 aromatic rings. The van der Waals surface area contributed by atoms with Crippen molar-refractivity contribution in [3.8, 4) is 5.75 Å². The molecule has 0 saturated heterocycles. The van der Waals surface area contributed by atoms with Crippen LogP contribution in [0, 0.1) is 0 Å². The Morgan fingerprint density at radius 2 is 2.12 bits per heavy atom. The van der Waals surface area contributed by atoms with E-state index in [1.165, 1.54) is 0 Å². The summed E-state index contributed by atoms with van der Waals surface area (Å²) in [6.45, 7) is 4.48. The molecule has 0 aromatic heterocycles. The molecule has 0 bridgehead atoms. The van der Waals surface area contributed by atoms with E-state index in [0.29, 0.717) is 17.3 Å². The minimum Gasteiger partial charge on any atom is -0.489 e. The minimum atomic E-state index is 0.107. The predicted molar refractivity (Wildman–Crippen MR) is 71.6 cm³/mol. The highest BCUT2D eigenvalue weighted by Crippen LogP contribution is 2.26. The summed E-state index contributed by atoms with van der Waals surface area (Å²) in [6.07, 6.45) is 0.861. The van der Waals surface area contributed by atoms with E-state index >= 15 is 0 Å². The quantitative estimate of drug-likeness (QED) is 0.624. The molecular weight excluding hydrogens is 238 g/mol. The zero-order chi connectivity index (χ0) is 12.8. The number of hydrogen-bond acceptors (Lipinski definition) is 2. The SMILES string of the molecule is CC(C)Oc1ccc(CCN=C(N)N)cc1Cl. The van der Waals surface area contributed by atoms with Gasteiger partial charge in [0.25, 0.3) is 0 Å². The molecule has 1 rings (SSSR count). The van der Waals surface area contributed by atoms with Gasteiger partial charge < -0.3 is 16.2 Å². The zero-order valence-electron chi connectivity index (χ0n) is 10.1. The standard InChI is InChI=1S/C12H18ClN3O/c1-8(2)17-11-4-3-9(7-10(11)13)5-6-16-12(14)15/h3-4,7-8H,5-6H2,1-2H3,(H4,14,15,16). The first-order valence-electron chi connectivity index (χ1n) is 5.49. The molecule has 94 valence electrons. The van der Waals surface area contributed by atoms with Gasteiger partial charge in [0.05, 0.1) is 11.1 Å². The number of aliphatic imine (C=N–C) groups is 1. The van der Waals surface area contributed by atoms with Gasteiger partial charge in [-0.15, -0.1) is 0 Å². The van der Waals surface area contributed by atoms with Crippen LogP contribution in [0.3, 0.4) is 0 Å². The molecule has 0 amide bonds. The molecule has 4 nitrogen and oxygen atoms in total. The van der Waals surface area contributed by atoms with Crippen LogP contribution in [0.4, 0.5) is 0 Å². The van der Waals surface area contributed by atoms with Crippen molar-refractivity contribution in [3.05, 3.63) is 28.8 Å². The summed E-state index contributed by atoms with van der Waals surface area (Å²) in [5, 5.41) is 0.612. The molecule has 0 heterocycles. The van der Waals surface area contributed by atoms with Crippen molar-refractivity contribution in [3.63, 3.8) is 0 Å². The Bertz CT molecular complexity index is 401. The van der Waals surface area contributed by atoms with E-state index in [4.69, 9.17) is 27.8 Å². The molecule has 0 spiro atoms. The van der Waals surface area contributed by atoms with Crippen molar-refractivity contribution < 1.29 is 4.74 Å². The summed E-state index contributed by atoms with van der Waals surface area (Å²) in [5.74, 6) is 0.808. The molecule has 1 aromatic carbocycles. The van der Waals surface area contributed by atoms with Crippen LogP contribution in [0.25, 0.3) is 0 Å². The molecule has 17 heavy (non-hydrogen) atoms. The lowest BCUT2D eigenvalue weighted by atomic mass is 10.1. The highest BCUT2D eigenvalue weighted by Gasteiger charge is 2.04. The second-order valence-electron chi connectivity index (χ2n) is 3.99. The van der Waals surface area contributed by atoms with Crippen LogP contribution in [0.1, 0.15) is 19.4 Å².